The Labute approximate surface area is 131 Å². The van der Waals surface area contributed by atoms with E-state index in [4.69, 9.17) is 16.3 Å². The quantitative estimate of drug-likeness (QED) is 0.864. The van der Waals surface area contributed by atoms with Gasteiger partial charge in [-0.15, -0.1) is 0 Å². The summed E-state index contributed by atoms with van der Waals surface area (Å²) in [6.07, 6.45) is 0.674. The van der Waals surface area contributed by atoms with Gasteiger partial charge in [0.25, 0.3) is 0 Å². The van der Waals surface area contributed by atoms with E-state index in [0.29, 0.717) is 26.1 Å². The fraction of sp³-hybridized carbons (Fsp3) is 0.571. The van der Waals surface area contributed by atoms with Gasteiger partial charge in [0.2, 0.25) is 10.0 Å². The van der Waals surface area contributed by atoms with Gasteiger partial charge in [0.1, 0.15) is 4.90 Å². The smallest absolute Gasteiger partial charge is 0.244 e. The molecule has 0 amide bonds. The van der Waals surface area contributed by atoms with Crippen molar-refractivity contribution in [3.05, 3.63) is 28.8 Å². The van der Waals surface area contributed by atoms with Crippen molar-refractivity contribution < 1.29 is 13.2 Å². The van der Waals surface area contributed by atoms with Gasteiger partial charge >= 0.3 is 0 Å². The van der Waals surface area contributed by atoms with Gasteiger partial charge in [-0.05, 0) is 30.7 Å². The van der Waals surface area contributed by atoms with Crippen LogP contribution in [0.1, 0.15) is 18.9 Å². The summed E-state index contributed by atoms with van der Waals surface area (Å²) >= 11 is 6.11. The van der Waals surface area contributed by atoms with Crippen LogP contribution in [0, 0.1) is 0 Å². The van der Waals surface area contributed by atoms with E-state index in [1.807, 2.05) is 13.0 Å². The maximum atomic E-state index is 12.7. The minimum atomic E-state index is -3.57. The number of hydrogen-bond acceptors (Lipinski definition) is 4. The van der Waals surface area contributed by atoms with Gasteiger partial charge in [-0.25, -0.2) is 8.42 Å². The molecule has 1 N–H and O–H groups in total. The number of halogens is 1. The highest BCUT2D eigenvalue weighted by atomic mass is 35.5. The van der Waals surface area contributed by atoms with Crippen LogP contribution >= 0.6 is 11.6 Å². The monoisotopic (exact) mass is 332 g/mol. The second-order valence-electron chi connectivity index (χ2n) is 5.05. The Bertz CT molecular complexity index is 592. The molecule has 0 bridgehead atoms. The van der Waals surface area contributed by atoms with E-state index in [0.717, 1.165) is 12.1 Å². The molecule has 1 aliphatic rings. The molecule has 1 aromatic rings. The summed E-state index contributed by atoms with van der Waals surface area (Å²) in [5, 5.41) is 3.44. The van der Waals surface area contributed by atoms with Crippen molar-refractivity contribution in [3.63, 3.8) is 0 Å². The van der Waals surface area contributed by atoms with Gasteiger partial charge in [0.15, 0.2) is 0 Å². The summed E-state index contributed by atoms with van der Waals surface area (Å²) in [4.78, 5) is 0.177. The molecule has 0 aliphatic carbocycles. The van der Waals surface area contributed by atoms with Gasteiger partial charge in [-0.1, -0.05) is 24.6 Å². The molecule has 7 heteroatoms. The summed E-state index contributed by atoms with van der Waals surface area (Å²) in [5.41, 5.74) is 0.905. The van der Waals surface area contributed by atoms with Crippen LogP contribution in [-0.4, -0.2) is 45.6 Å². The third kappa shape index (κ3) is 3.76. The summed E-state index contributed by atoms with van der Waals surface area (Å²) in [5.74, 6) is 0. The van der Waals surface area contributed by atoms with Crippen LogP contribution in [0.4, 0.5) is 0 Å². The van der Waals surface area contributed by atoms with Crippen LogP contribution in [0.15, 0.2) is 23.1 Å². The van der Waals surface area contributed by atoms with Crippen LogP contribution < -0.4 is 5.32 Å². The number of sulfonamides is 1. The summed E-state index contributed by atoms with van der Waals surface area (Å²) in [6, 6.07) is 5.14. The van der Waals surface area contributed by atoms with E-state index in [-0.39, 0.29) is 16.0 Å². The van der Waals surface area contributed by atoms with Crippen LogP contribution in [0.3, 0.4) is 0 Å². The van der Waals surface area contributed by atoms with Crippen LogP contribution in [0.5, 0.6) is 0 Å². The Morgan fingerprint density at radius 2 is 2.24 bits per heavy atom. The van der Waals surface area contributed by atoms with Gasteiger partial charge in [0.05, 0.1) is 11.1 Å². The molecular formula is C14H21ClN2O3S. The first-order valence-corrected chi connectivity index (χ1v) is 8.83. The van der Waals surface area contributed by atoms with Gasteiger partial charge in [-0.3, -0.25) is 0 Å². The van der Waals surface area contributed by atoms with E-state index in [1.54, 1.807) is 19.2 Å². The highest BCUT2D eigenvalue weighted by Gasteiger charge is 2.33. The molecule has 1 fully saturated rings. The van der Waals surface area contributed by atoms with Crippen LogP contribution in [0.2, 0.25) is 5.02 Å². The largest absolute Gasteiger partial charge is 0.380 e. The average Bonchev–Trinajstić information content (AvgIpc) is 2.96. The van der Waals surface area contributed by atoms with E-state index in [2.05, 4.69) is 5.32 Å². The fourth-order valence-corrected chi connectivity index (χ4v) is 4.38. The summed E-state index contributed by atoms with van der Waals surface area (Å²) in [7, 11) is -1.96. The lowest BCUT2D eigenvalue weighted by atomic mass is 10.2. The standard InChI is InChI=1S/C14H21ClN2O3S/c1-3-16-9-11-4-5-13(15)14(8-11)21(18,19)17-7-6-12(10-17)20-2/h4-5,8,12,16H,3,6-7,9-10H2,1-2H3. The van der Waals surface area contributed by atoms with E-state index in [1.165, 1.54) is 4.31 Å². The lowest BCUT2D eigenvalue weighted by Gasteiger charge is -2.18. The van der Waals surface area contributed by atoms with Crippen molar-refractivity contribution >= 4 is 21.6 Å². The third-order valence-corrected chi connectivity index (χ3v) is 5.98. The van der Waals surface area contributed by atoms with E-state index in [9.17, 15) is 8.42 Å². The molecule has 5 nitrogen and oxygen atoms in total. The lowest BCUT2D eigenvalue weighted by molar-refractivity contribution is 0.115. The number of methoxy groups -OCH3 is 1. The Kier molecular flexibility index (Phi) is 5.62. The molecule has 0 aromatic heterocycles. The molecule has 1 heterocycles. The second kappa shape index (κ2) is 7.07. The zero-order valence-electron chi connectivity index (χ0n) is 12.3. The number of nitrogens with zero attached hydrogens (tertiary/aromatic N) is 1. The van der Waals surface area contributed by atoms with Crippen molar-refractivity contribution in [1.82, 2.24) is 9.62 Å². The van der Waals surface area contributed by atoms with Gasteiger partial charge in [-0.2, -0.15) is 4.31 Å². The summed E-state index contributed by atoms with van der Waals surface area (Å²) in [6.45, 7) is 4.30. The Hall–Kier alpha value is -0.660. The Morgan fingerprint density at radius 1 is 1.48 bits per heavy atom. The molecule has 1 unspecified atom stereocenters. The highest BCUT2D eigenvalue weighted by molar-refractivity contribution is 7.89. The molecular weight excluding hydrogens is 312 g/mol. The predicted octanol–water partition coefficient (Wildman–Crippen LogP) is 1.86. The second-order valence-corrected chi connectivity index (χ2v) is 7.37. The third-order valence-electron chi connectivity index (χ3n) is 3.63. The molecule has 1 saturated heterocycles. The Morgan fingerprint density at radius 3 is 2.86 bits per heavy atom. The fourth-order valence-electron chi connectivity index (χ4n) is 2.37. The molecule has 0 radical (unpaired) electrons. The summed E-state index contributed by atoms with van der Waals surface area (Å²) < 4.78 is 32.1. The van der Waals surface area contributed by atoms with Crippen molar-refractivity contribution in [3.8, 4) is 0 Å². The predicted molar refractivity (Wildman–Crippen MR) is 83.0 cm³/mol. The average molecular weight is 333 g/mol. The lowest BCUT2D eigenvalue weighted by Crippen LogP contribution is -2.30. The van der Waals surface area contributed by atoms with Crippen molar-refractivity contribution in [2.75, 3.05) is 26.7 Å². The molecule has 21 heavy (non-hydrogen) atoms. The molecule has 0 saturated carbocycles. The van der Waals surface area contributed by atoms with E-state index >= 15 is 0 Å². The van der Waals surface area contributed by atoms with Crippen molar-refractivity contribution in [2.45, 2.75) is 30.9 Å². The molecule has 1 aliphatic heterocycles. The molecule has 1 atom stereocenters. The SMILES string of the molecule is CCNCc1ccc(Cl)c(S(=O)(=O)N2CCC(OC)C2)c1. The minimum Gasteiger partial charge on any atom is -0.380 e. The topological polar surface area (TPSA) is 58.6 Å². The van der Waals surface area contributed by atoms with Crippen molar-refractivity contribution in [1.29, 1.82) is 0 Å². The maximum absolute atomic E-state index is 12.7. The Balaban J connectivity index is 2.27. The number of benzene rings is 1. The first-order valence-electron chi connectivity index (χ1n) is 7.01. The minimum absolute atomic E-state index is 0.0384. The normalized spacial score (nSPS) is 20.0. The van der Waals surface area contributed by atoms with E-state index < -0.39 is 10.0 Å². The van der Waals surface area contributed by atoms with Crippen molar-refractivity contribution in [2.24, 2.45) is 0 Å². The molecule has 0 spiro atoms. The zero-order chi connectivity index (χ0) is 15.5. The van der Waals surface area contributed by atoms with Gasteiger partial charge in [0, 0.05) is 26.7 Å². The van der Waals surface area contributed by atoms with Crippen LogP contribution in [0.25, 0.3) is 0 Å². The molecule has 2 rings (SSSR count). The number of ether oxygens (including phenoxy) is 1. The first kappa shape index (κ1) is 16.7. The number of rotatable bonds is 6. The maximum Gasteiger partial charge on any atom is 0.244 e. The molecule has 1 aromatic carbocycles. The highest BCUT2D eigenvalue weighted by Crippen LogP contribution is 2.28. The number of hydrogen-bond donors (Lipinski definition) is 1. The molecule has 118 valence electrons. The number of nitrogens with one attached hydrogen (secondary N) is 1. The first-order chi connectivity index (χ1) is 9.98. The van der Waals surface area contributed by atoms with Gasteiger partial charge < -0.3 is 10.1 Å². The zero-order valence-corrected chi connectivity index (χ0v) is 13.9. The van der Waals surface area contributed by atoms with Crippen LogP contribution in [-0.2, 0) is 21.3 Å².